The molecule has 1 atom stereocenters. The third-order valence-electron chi connectivity index (χ3n) is 4.06. The fourth-order valence-electron chi connectivity index (χ4n) is 2.69. The van der Waals surface area contributed by atoms with Crippen molar-refractivity contribution < 1.29 is 14.3 Å². The zero-order valence-electron chi connectivity index (χ0n) is 15.5. The largest absolute Gasteiger partial charge is 0.447 e. The highest BCUT2D eigenvalue weighted by molar-refractivity contribution is 5.86. The molecule has 0 fully saturated rings. The van der Waals surface area contributed by atoms with Gasteiger partial charge in [0.1, 0.15) is 6.04 Å². The van der Waals surface area contributed by atoms with Gasteiger partial charge in [0.15, 0.2) is 0 Å². The Morgan fingerprint density at radius 1 is 1.00 bits per heavy atom. The van der Waals surface area contributed by atoms with Gasteiger partial charge in [0, 0.05) is 27.6 Å². The molecule has 0 aliphatic heterocycles. The Morgan fingerprint density at radius 2 is 1.64 bits per heavy atom. The molecule has 2 aromatic carbocycles. The molecule has 5 heteroatoms. The molecule has 2 aromatic rings. The molecule has 0 bridgehead atoms. The first kappa shape index (κ1) is 18.8. The minimum absolute atomic E-state index is 0.128. The van der Waals surface area contributed by atoms with E-state index in [1.54, 1.807) is 35.0 Å². The van der Waals surface area contributed by atoms with Crippen molar-refractivity contribution in [3.05, 3.63) is 48.0 Å². The molecule has 2 amide bonds. The van der Waals surface area contributed by atoms with E-state index in [9.17, 15) is 9.59 Å². The summed E-state index contributed by atoms with van der Waals surface area (Å²) < 4.78 is 5.25. The predicted molar refractivity (Wildman–Crippen MR) is 99.5 cm³/mol. The van der Waals surface area contributed by atoms with E-state index in [4.69, 9.17) is 4.74 Å². The van der Waals surface area contributed by atoms with Crippen LogP contribution in [0.25, 0.3) is 10.8 Å². The summed E-state index contributed by atoms with van der Waals surface area (Å²) in [6.07, 6.45) is -0.285. The summed E-state index contributed by atoms with van der Waals surface area (Å²) in [5.74, 6) is -0.128. The lowest BCUT2D eigenvalue weighted by Gasteiger charge is -2.29. The highest BCUT2D eigenvalue weighted by Gasteiger charge is 2.29. The summed E-state index contributed by atoms with van der Waals surface area (Å²) in [7, 11) is 4.99. The Kier molecular flexibility index (Phi) is 6.02. The Hall–Kier alpha value is -2.56. The summed E-state index contributed by atoms with van der Waals surface area (Å²) in [5.41, 5.74) is 1.00. The lowest BCUT2D eigenvalue weighted by Crippen LogP contribution is -2.49. The van der Waals surface area contributed by atoms with Gasteiger partial charge < -0.3 is 9.64 Å². The van der Waals surface area contributed by atoms with Crippen LogP contribution in [0.3, 0.4) is 0 Å². The van der Waals surface area contributed by atoms with Crippen LogP contribution in [0, 0.1) is 0 Å². The Balaban J connectivity index is 2.28. The molecule has 0 saturated heterocycles. The van der Waals surface area contributed by atoms with Crippen molar-refractivity contribution in [1.82, 2.24) is 9.80 Å². The number of rotatable bonds is 5. The van der Waals surface area contributed by atoms with Crippen LogP contribution >= 0.6 is 0 Å². The maximum absolute atomic E-state index is 12.6. The zero-order chi connectivity index (χ0) is 18.6. The monoisotopic (exact) mass is 342 g/mol. The average Bonchev–Trinajstić information content (AvgIpc) is 2.57. The van der Waals surface area contributed by atoms with Gasteiger partial charge >= 0.3 is 6.09 Å². The van der Waals surface area contributed by atoms with Gasteiger partial charge in [0.2, 0.25) is 5.91 Å². The van der Waals surface area contributed by atoms with Crippen molar-refractivity contribution in [2.45, 2.75) is 32.4 Å². The van der Waals surface area contributed by atoms with E-state index in [-0.39, 0.29) is 12.0 Å². The van der Waals surface area contributed by atoms with Gasteiger partial charge in [-0.25, -0.2) is 4.79 Å². The second kappa shape index (κ2) is 8.01. The number of ether oxygens (including phenoxy) is 1. The highest BCUT2D eigenvalue weighted by atomic mass is 16.6. The fraction of sp³-hybridized carbons (Fsp3) is 0.400. The minimum Gasteiger partial charge on any atom is -0.447 e. The first-order valence-electron chi connectivity index (χ1n) is 8.42. The van der Waals surface area contributed by atoms with Crippen LogP contribution in [0.2, 0.25) is 0 Å². The number of benzene rings is 2. The minimum atomic E-state index is -0.609. The zero-order valence-corrected chi connectivity index (χ0v) is 15.5. The normalized spacial score (nSPS) is 12.1. The first-order chi connectivity index (χ1) is 11.8. The lowest BCUT2D eigenvalue weighted by atomic mass is 10.0. The van der Waals surface area contributed by atoms with Gasteiger partial charge in [-0.15, -0.1) is 0 Å². The molecule has 0 aliphatic carbocycles. The van der Waals surface area contributed by atoms with Gasteiger partial charge in [-0.3, -0.25) is 9.69 Å². The van der Waals surface area contributed by atoms with Gasteiger partial charge in [0.25, 0.3) is 0 Å². The molecule has 0 radical (unpaired) electrons. The molecule has 0 unspecified atom stereocenters. The van der Waals surface area contributed by atoms with Crippen molar-refractivity contribution in [3.8, 4) is 0 Å². The summed E-state index contributed by atoms with van der Waals surface area (Å²) in [5, 5.41) is 2.26. The van der Waals surface area contributed by atoms with Crippen molar-refractivity contribution in [1.29, 1.82) is 0 Å². The second-order valence-electron chi connectivity index (χ2n) is 6.68. The molecule has 25 heavy (non-hydrogen) atoms. The number of nitrogens with zero attached hydrogens (tertiary/aromatic N) is 2. The van der Waals surface area contributed by atoms with Crippen LogP contribution in [0.5, 0.6) is 0 Å². The number of hydrogen-bond donors (Lipinski definition) is 0. The van der Waals surface area contributed by atoms with Crippen molar-refractivity contribution in [2.24, 2.45) is 0 Å². The Bertz CT molecular complexity index is 755. The topological polar surface area (TPSA) is 49.9 Å². The van der Waals surface area contributed by atoms with Gasteiger partial charge in [-0.2, -0.15) is 0 Å². The second-order valence-corrected chi connectivity index (χ2v) is 6.68. The molecule has 0 spiro atoms. The molecular formula is C20H26N2O3. The molecule has 0 N–H and O–H groups in total. The predicted octanol–water partition coefficient (Wildman–Crippen LogP) is 3.32. The molecule has 0 heterocycles. The SMILES string of the molecule is CC(C)OC(=O)N(C)[C@H](Cc1ccc2ccccc2c1)C(=O)N(C)C. The summed E-state index contributed by atoms with van der Waals surface area (Å²) in [6.45, 7) is 3.58. The molecule has 134 valence electrons. The third kappa shape index (κ3) is 4.72. The van der Waals surface area contributed by atoms with E-state index in [1.165, 1.54) is 9.80 Å². The lowest BCUT2D eigenvalue weighted by molar-refractivity contribution is -0.133. The number of carbonyl (C=O) groups is 2. The van der Waals surface area contributed by atoms with Crippen LogP contribution in [0.4, 0.5) is 4.79 Å². The van der Waals surface area contributed by atoms with Crippen molar-refractivity contribution in [2.75, 3.05) is 21.1 Å². The number of amides is 2. The first-order valence-corrected chi connectivity index (χ1v) is 8.42. The molecule has 0 aliphatic rings. The van der Waals surface area contributed by atoms with Crippen LogP contribution in [-0.4, -0.2) is 55.1 Å². The number of likely N-dealkylation sites (N-methyl/N-ethyl adjacent to an activating group) is 2. The Labute approximate surface area is 149 Å². The van der Waals surface area contributed by atoms with E-state index in [0.29, 0.717) is 6.42 Å². The molecular weight excluding hydrogens is 316 g/mol. The van der Waals surface area contributed by atoms with Gasteiger partial charge in [0.05, 0.1) is 6.10 Å². The van der Waals surface area contributed by atoms with Gasteiger partial charge in [-0.05, 0) is 30.2 Å². The molecule has 0 aromatic heterocycles. The highest BCUT2D eigenvalue weighted by Crippen LogP contribution is 2.18. The summed E-state index contributed by atoms with van der Waals surface area (Å²) in [4.78, 5) is 27.8. The van der Waals surface area contributed by atoms with E-state index < -0.39 is 12.1 Å². The summed E-state index contributed by atoms with van der Waals surface area (Å²) >= 11 is 0. The van der Waals surface area contributed by atoms with Crippen LogP contribution in [0.1, 0.15) is 19.4 Å². The number of carbonyl (C=O) groups excluding carboxylic acids is 2. The van der Waals surface area contributed by atoms with E-state index in [2.05, 4.69) is 6.07 Å². The average molecular weight is 342 g/mol. The van der Waals surface area contributed by atoms with Crippen molar-refractivity contribution in [3.63, 3.8) is 0 Å². The summed E-state index contributed by atoms with van der Waals surface area (Å²) in [6, 6.07) is 13.6. The van der Waals surface area contributed by atoms with Crippen molar-refractivity contribution >= 4 is 22.8 Å². The van der Waals surface area contributed by atoms with Crippen LogP contribution < -0.4 is 0 Å². The standard InChI is InChI=1S/C20H26N2O3/c1-14(2)25-20(24)22(5)18(19(23)21(3)4)13-15-10-11-16-8-6-7-9-17(16)12-15/h6-12,14,18H,13H2,1-5H3/t18-/m1/s1. The molecule has 0 saturated carbocycles. The molecule has 2 rings (SSSR count). The maximum Gasteiger partial charge on any atom is 0.410 e. The number of fused-ring (bicyclic) bond motifs is 1. The smallest absolute Gasteiger partial charge is 0.410 e. The fourth-order valence-corrected chi connectivity index (χ4v) is 2.69. The van der Waals surface area contributed by atoms with E-state index in [1.807, 2.05) is 36.4 Å². The third-order valence-corrected chi connectivity index (χ3v) is 4.06. The van der Waals surface area contributed by atoms with E-state index in [0.717, 1.165) is 16.3 Å². The Morgan fingerprint density at radius 3 is 2.24 bits per heavy atom. The van der Waals surface area contributed by atoms with Crippen LogP contribution in [-0.2, 0) is 16.0 Å². The van der Waals surface area contributed by atoms with Crippen LogP contribution in [0.15, 0.2) is 42.5 Å². The quantitative estimate of drug-likeness (QED) is 0.837. The molecule has 5 nitrogen and oxygen atoms in total. The maximum atomic E-state index is 12.6. The van der Waals surface area contributed by atoms with E-state index >= 15 is 0 Å². The number of hydrogen-bond acceptors (Lipinski definition) is 3. The van der Waals surface area contributed by atoms with Gasteiger partial charge in [-0.1, -0.05) is 42.5 Å².